The molecule has 0 unspecified atom stereocenters. The van der Waals surface area contributed by atoms with Gasteiger partial charge in [-0.05, 0) is 42.0 Å². The Labute approximate surface area is 157 Å². The van der Waals surface area contributed by atoms with Crippen molar-refractivity contribution >= 4 is 17.1 Å². The number of imidazole rings is 1. The zero-order chi connectivity index (χ0) is 18.5. The fraction of sp³-hybridized carbons (Fsp3) is 0.143. The zero-order valence-corrected chi connectivity index (χ0v) is 14.9. The average Bonchev–Trinajstić information content (AvgIpc) is 3.37. The highest BCUT2D eigenvalue weighted by molar-refractivity contribution is 5.77. The number of nitrogens with zero attached hydrogens (tertiary/aromatic N) is 2. The number of rotatable bonds is 6. The van der Waals surface area contributed by atoms with Gasteiger partial charge in [-0.3, -0.25) is 4.57 Å². The Balaban J connectivity index is 1.31. The van der Waals surface area contributed by atoms with Crippen molar-refractivity contribution in [3.05, 3.63) is 84.4 Å². The second-order valence-corrected chi connectivity index (χ2v) is 6.32. The number of urea groups is 1. The second-order valence-electron chi connectivity index (χ2n) is 6.32. The van der Waals surface area contributed by atoms with E-state index in [0.717, 1.165) is 34.4 Å². The zero-order valence-electron chi connectivity index (χ0n) is 14.9. The lowest BCUT2D eigenvalue weighted by molar-refractivity contribution is 0.240. The van der Waals surface area contributed by atoms with Crippen LogP contribution < -0.4 is 10.6 Å². The van der Waals surface area contributed by atoms with Crippen molar-refractivity contribution in [3.8, 4) is 5.69 Å². The molecule has 0 saturated carbocycles. The molecule has 0 aliphatic carbocycles. The summed E-state index contributed by atoms with van der Waals surface area (Å²) < 4.78 is 2.06. The van der Waals surface area contributed by atoms with Crippen LogP contribution in [0.4, 0.5) is 4.79 Å². The smallest absolute Gasteiger partial charge is 0.315 e. The number of aromatic nitrogens is 3. The van der Waals surface area contributed by atoms with E-state index in [1.165, 1.54) is 0 Å². The highest BCUT2D eigenvalue weighted by Crippen LogP contribution is 2.18. The molecule has 0 spiro atoms. The maximum absolute atomic E-state index is 11.9. The van der Waals surface area contributed by atoms with Crippen LogP contribution in [0.2, 0.25) is 0 Å². The van der Waals surface area contributed by atoms with Crippen LogP contribution in [0.25, 0.3) is 16.7 Å². The normalized spacial score (nSPS) is 10.8. The Hall–Kier alpha value is -3.54. The number of nitrogens with one attached hydrogen (secondary N) is 3. The van der Waals surface area contributed by atoms with E-state index >= 15 is 0 Å². The number of para-hydroxylation sites is 2. The van der Waals surface area contributed by atoms with E-state index in [0.29, 0.717) is 13.1 Å². The summed E-state index contributed by atoms with van der Waals surface area (Å²) in [5.74, 6) is 0. The first kappa shape index (κ1) is 16.9. The first-order chi connectivity index (χ1) is 13.3. The molecule has 2 heterocycles. The van der Waals surface area contributed by atoms with E-state index in [-0.39, 0.29) is 6.03 Å². The molecule has 0 saturated heterocycles. The van der Waals surface area contributed by atoms with Gasteiger partial charge in [0.25, 0.3) is 0 Å². The van der Waals surface area contributed by atoms with Crippen molar-refractivity contribution < 1.29 is 4.79 Å². The van der Waals surface area contributed by atoms with Gasteiger partial charge >= 0.3 is 6.03 Å². The van der Waals surface area contributed by atoms with Gasteiger partial charge in [0.1, 0.15) is 6.33 Å². The third-order valence-electron chi connectivity index (χ3n) is 4.46. The van der Waals surface area contributed by atoms with Gasteiger partial charge < -0.3 is 15.6 Å². The van der Waals surface area contributed by atoms with Crippen molar-refractivity contribution in [2.75, 3.05) is 6.54 Å². The summed E-state index contributed by atoms with van der Waals surface area (Å²) in [4.78, 5) is 19.4. The molecular formula is C21H21N5O. The molecule has 4 aromatic rings. The summed E-state index contributed by atoms with van der Waals surface area (Å²) in [7, 11) is 0. The molecular weight excluding hydrogens is 338 g/mol. The quantitative estimate of drug-likeness (QED) is 0.494. The van der Waals surface area contributed by atoms with E-state index < -0.39 is 0 Å². The molecule has 27 heavy (non-hydrogen) atoms. The molecule has 2 aromatic carbocycles. The molecule has 3 N–H and O–H groups in total. The molecule has 2 amide bonds. The molecule has 0 aliphatic rings. The summed E-state index contributed by atoms with van der Waals surface area (Å²) in [6.45, 7) is 1.08. The lowest BCUT2D eigenvalue weighted by Gasteiger charge is -2.09. The van der Waals surface area contributed by atoms with Gasteiger partial charge in [0.2, 0.25) is 0 Å². The van der Waals surface area contributed by atoms with Gasteiger partial charge in [-0.1, -0.05) is 24.3 Å². The summed E-state index contributed by atoms with van der Waals surface area (Å²) in [6.07, 6.45) is 4.50. The number of hydrogen-bond acceptors (Lipinski definition) is 2. The Bertz CT molecular complexity index is 1020. The number of hydrogen-bond donors (Lipinski definition) is 3. The Kier molecular flexibility index (Phi) is 4.87. The second kappa shape index (κ2) is 7.78. The number of aromatic amines is 1. The third kappa shape index (κ3) is 4.00. The highest BCUT2D eigenvalue weighted by Gasteiger charge is 2.05. The topological polar surface area (TPSA) is 74.7 Å². The summed E-state index contributed by atoms with van der Waals surface area (Å²) in [5, 5.41) is 5.75. The van der Waals surface area contributed by atoms with E-state index in [1.54, 1.807) is 0 Å². The SMILES string of the molecule is O=C(NCCc1ccc[nH]1)NCc1ccc(-n2cnc3ccccc32)cc1. The van der Waals surface area contributed by atoms with Crippen LogP contribution in [0, 0.1) is 0 Å². The van der Waals surface area contributed by atoms with E-state index in [9.17, 15) is 4.79 Å². The fourth-order valence-electron chi connectivity index (χ4n) is 3.02. The van der Waals surface area contributed by atoms with Crippen molar-refractivity contribution in [1.82, 2.24) is 25.2 Å². The molecule has 0 radical (unpaired) electrons. The molecule has 136 valence electrons. The fourth-order valence-corrected chi connectivity index (χ4v) is 3.02. The van der Waals surface area contributed by atoms with Crippen LogP contribution >= 0.6 is 0 Å². The number of H-pyrrole nitrogens is 1. The summed E-state index contributed by atoms with van der Waals surface area (Å²) >= 11 is 0. The van der Waals surface area contributed by atoms with Crippen LogP contribution in [0.5, 0.6) is 0 Å². The van der Waals surface area contributed by atoms with Crippen LogP contribution in [0.1, 0.15) is 11.3 Å². The van der Waals surface area contributed by atoms with Gasteiger partial charge in [0.05, 0.1) is 11.0 Å². The van der Waals surface area contributed by atoms with Gasteiger partial charge in [-0.25, -0.2) is 9.78 Å². The lowest BCUT2D eigenvalue weighted by Crippen LogP contribution is -2.36. The monoisotopic (exact) mass is 359 g/mol. The van der Waals surface area contributed by atoms with Crippen LogP contribution in [-0.2, 0) is 13.0 Å². The van der Waals surface area contributed by atoms with Gasteiger partial charge in [-0.15, -0.1) is 0 Å². The van der Waals surface area contributed by atoms with Crippen molar-refractivity contribution in [2.45, 2.75) is 13.0 Å². The maximum atomic E-state index is 11.9. The third-order valence-corrected chi connectivity index (χ3v) is 4.46. The van der Waals surface area contributed by atoms with Gasteiger partial charge in [-0.2, -0.15) is 0 Å². The molecule has 0 fully saturated rings. The summed E-state index contributed by atoms with van der Waals surface area (Å²) in [6, 6.07) is 19.9. The molecule has 0 bridgehead atoms. The minimum absolute atomic E-state index is 0.161. The standard InChI is InChI=1S/C21H21N5O/c27-21(23-13-11-17-4-3-12-22-17)24-14-16-7-9-18(10-8-16)26-15-25-19-5-1-2-6-20(19)26/h1-10,12,15,22H,11,13-14H2,(H2,23,24,27). The number of carbonyl (C=O) groups excluding carboxylic acids is 1. The first-order valence-corrected chi connectivity index (χ1v) is 8.95. The van der Waals surface area contributed by atoms with Crippen molar-refractivity contribution in [1.29, 1.82) is 0 Å². The van der Waals surface area contributed by atoms with Crippen LogP contribution in [-0.4, -0.2) is 27.1 Å². The molecule has 2 aromatic heterocycles. The van der Waals surface area contributed by atoms with E-state index in [4.69, 9.17) is 0 Å². The average molecular weight is 359 g/mol. The number of carbonyl (C=O) groups is 1. The number of amides is 2. The number of benzene rings is 2. The number of fused-ring (bicyclic) bond motifs is 1. The molecule has 0 aliphatic heterocycles. The van der Waals surface area contributed by atoms with Gasteiger partial charge in [0, 0.05) is 37.1 Å². The summed E-state index contributed by atoms with van der Waals surface area (Å²) in [5.41, 5.74) is 5.24. The van der Waals surface area contributed by atoms with Crippen LogP contribution in [0.15, 0.2) is 73.2 Å². The van der Waals surface area contributed by atoms with Gasteiger partial charge in [0.15, 0.2) is 0 Å². The van der Waals surface area contributed by atoms with E-state index in [2.05, 4.69) is 31.2 Å². The lowest BCUT2D eigenvalue weighted by atomic mass is 10.2. The minimum atomic E-state index is -0.161. The van der Waals surface area contributed by atoms with E-state index in [1.807, 2.05) is 67.1 Å². The molecule has 4 rings (SSSR count). The largest absolute Gasteiger partial charge is 0.365 e. The molecule has 0 atom stereocenters. The predicted octanol–water partition coefficient (Wildman–Crippen LogP) is 3.40. The molecule has 6 nitrogen and oxygen atoms in total. The van der Waals surface area contributed by atoms with Crippen LogP contribution in [0.3, 0.4) is 0 Å². The predicted molar refractivity (Wildman–Crippen MR) is 106 cm³/mol. The Morgan fingerprint density at radius 1 is 1.00 bits per heavy atom. The molecule has 6 heteroatoms. The van der Waals surface area contributed by atoms with Crippen molar-refractivity contribution in [3.63, 3.8) is 0 Å². The Morgan fingerprint density at radius 3 is 2.67 bits per heavy atom. The first-order valence-electron chi connectivity index (χ1n) is 8.95. The maximum Gasteiger partial charge on any atom is 0.315 e. The van der Waals surface area contributed by atoms with Crippen molar-refractivity contribution in [2.24, 2.45) is 0 Å². The Morgan fingerprint density at radius 2 is 1.85 bits per heavy atom. The highest BCUT2D eigenvalue weighted by atomic mass is 16.2. The minimum Gasteiger partial charge on any atom is -0.365 e.